The molecule has 7 heteroatoms. The van der Waals surface area contributed by atoms with Crippen LogP contribution in [0.15, 0.2) is 12.2 Å². The molecule has 4 nitrogen and oxygen atoms in total. The zero-order chi connectivity index (χ0) is 16.3. The van der Waals surface area contributed by atoms with E-state index in [1.165, 1.54) is 0 Å². The van der Waals surface area contributed by atoms with Crippen molar-refractivity contribution in [3.05, 3.63) is 12.2 Å². The Labute approximate surface area is 122 Å². The Morgan fingerprint density at radius 2 is 1.67 bits per heavy atom. The molecule has 122 valence electrons. The van der Waals surface area contributed by atoms with Gasteiger partial charge in [0.2, 0.25) is 0 Å². The monoisotopic (exact) mass is 310 g/mol. The number of halogens is 3. The zero-order valence-electron chi connectivity index (χ0n) is 12.2. The molecule has 0 aromatic carbocycles. The summed E-state index contributed by atoms with van der Waals surface area (Å²) < 4.78 is 44.1. The van der Waals surface area contributed by atoms with Gasteiger partial charge in [-0.15, -0.1) is 0 Å². The predicted octanol–water partition coefficient (Wildman–Crippen LogP) is 3.41. The number of rotatable bonds is 9. The van der Waals surface area contributed by atoms with Crippen LogP contribution < -0.4 is 0 Å². The summed E-state index contributed by atoms with van der Waals surface area (Å²) in [6, 6.07) is 0. The summed E-state index contributed by atoms with van der Waals surface area (Å²) in [5.41, 5.74) is 0. The average Bonchev–Trinajstić information content (AvgIpc) is 2.42. The summed E-state index contributed by atoms with van der Waals surface area (Å²) >= 11 is 0. The van der Waals surface area contributed by atoms with Gasteiger partial charge in [0.15, 0.2) is 6.61 Å². The van der Waals surface area contributed by atoms with Gasteiger partial charge < -0.3 is 9.47 Å². The minimum Gasteiger partial charge on any atom is -0.462 e. The van der Waals surface area contributed by atoms with Crippen molar-refractivity contribution in [3.8, 4) is 0 Å². The molecule has 0 rings (SSSR count). The predicted molar refractivity (Wildman–Crippen MR) is 70.4 cm³/mol. The number of hydrogen-bond donors (Lipinski definition) is 0. The van der Waals surface area contributed by atoms with E-state index in [1.54, 1.807) is 0 Å². The van der Waals surface area contributed by atoms with Crippen molar-refractivity contribution in [1.82, 2.24) is 0 Å². The van der Waals surface area contributed by atoms with Crippen molar-refractivity contribution >= 4 is 11.9 Å². The van der Waals surface area contributed by atoms with Gasteiger partial charge in [-0.25, -0.2) is 9.59 Å². The van der Waals surface area contributed by atoms with E-state index in [0.717, 1.165) is 31.8 Å². The first-order valence-corrected chi connectivity index (χ1v) is 6.86. The van der Waals surface area contributed by atoms with Crippen LogP contribution in [-0.2, 0) is 19.1 Å². The number of alkyl halides is 3. The first-order chi connectivity index (χ1) is 9.78. The van der Waals surface area contributed by atoms with Gasteiger partial charge in [0.05, 0.1) is 6.61 Å². The third-order valence-electron chi connectivity index (χ3n) is 2.74. The molecule has 0 N–H and O–H groups in total. The van der Waals surface area contributed by atoms with Crippen LogP contribution in [0.25, 0.3) is 0 Å². The summed E-state index contributed by atoms with van der Waals surface area (Å²) in [5, 5.41) is 0. The van der Waals surface area contributed by atoms with Gasteiger partial charge >= 0.3 is 18.1 Å². The molecule has 0 aromatic rings. The Hall–Kier alpha value is -1.53. The van der Waals surface area contributed by atoms with Crippen LogP contribution in [-0.4, -0.2) is 31.3 Å². The van der Waals surface area contributed by atoms with Crippen LogP contribution in [0.1, 0.15) is 39.5 Å². The van der Waals surface area contributed by atoms with Gasteiger partial charge in [-0.3, -0.25) is 0 Å². The van der Waals surface area contributed by atoms with Gasteiger partial charge in [0.25, 0.3) is 0 Å². The second-order valence-corrected chi connectivity index (χ2v) is 4.60. The largest absolute Gasteiger partial charge is 0.462 e. The Balaban J connectivity index is 4.01. The number of unbranched alkanes of at least 4 members (excludes halogenated alkanes) is 1. The molecule has 1 unspecified atom stereocenters. The highest BCUT2D eigenvalue weighted by Crippen LogP contribution is 2.14. The molecule has 0 amide bonds. The van der Waals surface area contributed by atoms with Crippen molar-refractivity contribution < 1.29 is 32.2 Å². The lowest BCUT2D eigenvalue weighted by Crippen LogP contribution is -2.19. The van der Waals surface area contributed by atoms with E-state index in [2.05, 4.69) is 11.7 Å². The van der Waals surface area contributed by atoms with Gasteiger partial charge in [0, 0.05) is 12.2 Å². The molecule has 0 spiro atoms. The molecule has 0 bridgehead atoms. The highest BCUT2D eigenvalue weighted by atomic mass is 19.4. The van der Waals surface area contributed by atoms with Crippen LogP contribution in [0.4, 0.5) is 13.2 Å². The van der Waals surface area contributed by atoms with Crippen LogP contribution in [0.5, 0.6) is 0 Å². The van der Waals surface area contributed by atoms with Crippen molar-refractivity contribution in [2.45, 2.75) is 45.7 Å². The molecular formula is C14H21F3O4. The number of ether oxygens (including phenoxy) is 2. The number of esters is 2. The summed E-state index contributed by atoms with van der Waals surface area (Å²) in [6.07, 6.45) is 0.706. The molecule has 1 atom stereocenters. The van der Waals surface area contributed by atoms with Crippen molar-refractivity contribution in [2.24, 2.45) is 5.92 Å². The van der Waals surface area contributed by atoms with Crippen molar-refractivity contribution in [3.63, 3.8) is 0 Å². The third-order valence-corrected chi connectivity index (χ3v) is 2.74. The highest BCUT2D eigenvalue weighted by Gasteiger charge is 2.29. The maximum Gasteiger partial charge on any atom is 0.422 e. The molecular weight excluding hydrogens is 289 g/mol. The zero-order valence-corrected chi connectivity index (χ0v) is 12.2. The van der Waals surface area contributed by atoms with E-state index in [9.17, 15) is 22.8 Å². The van der Waals surface area contributed by atoms with Gasteiger partial charge in [-0.2, -0.15) is 13.2 Å². The molecule has 0 aliphatic rings. The standard InChI is InChI=1S/C14H21F3O4/c1-3-5-6-11(4-2)9-20-12(18)7-8-13(19)21-10-14(15,16)17/h7-8,11H,3-6,9-10H2,1-2H3/b8-7+. The quantitative estimate of drug-likeness (QED) is 0.484. The smallest absolute Gasteiger partial charge is 0.422 e. The summed E-state index contributed by atoms with van der Waals surface area (Å²) in [6.45, 7) is 2.60. The summed E-state index contributed by atoms with van der Waals surface area (Å²) in [7, 11) is 0. The second-order valence-electron chi connectivity index (χ2n) is 4.60. The van der Waals surface area contributed by atoms with Crippen LogP contribution in [0.2, 0.25) is 0 Å². The lowest BCUT2D eigenvalue weighted by Gasteiger charge is -2.13. The molecule has 0 saturated heterocycles. The summed E-state index contributed by atoms with van der Waals surface area (Å²) in [4.78, 5) is 22.2. The molecule has 0 aromatic heterocycles. The molecule has 0 heterocycles. The van der Waals surface area contributed by atoms with Gasteiger partial charge in [-0.05, 0) is 12.3 Å². The van der Waals surface area contributed by atoms with Crippen molar-refractivity contribution in [1.29, 1.82) is 0 Å². The van der Waals surface area contributed by atoms with Gasteiger partial charge in [0.1, 0.15) is 0 Å². The van der Waals surface area contributed by atoms with Crippen LogP contribution in [0, 0.1) is 5.92 Å². The Kier molecular flexibility index (Phi) is 9.49. The summed E-state index contributed by atoms with van der Waals surface area (Å²) in [5.74, 6) is -1.75. The first kappa shape index (κ1) is 19.5. The minimum atomic E-state index is -4.59. The molecule has 0 fully saturated rings. The fraction of sp³-hybridized carbons (Fsp3) is 0.714. The lowest BCUT2D eigenvalue weighted by molar-refractivity contribution is -0.182. The van der Waals surface area contributed by atoms with E-state index < -0.39 is 24.7 Å². The van der Waals surface area contributed by atoms with E-state index in [-0.39, 0.29) is 12.5 Å². The topological polar surface area (TPSA) is 52.6 Å². The molecule has 0 saturated carbocycles. The maximum atomic E-state index is 11.8. The van der Waals surface area contributed by atoms with Crippen molar-refractivity contribution in [2.75, 3.05) is 13.2 Å². The van der Waals surface area contributed by atoms with E-state index in [4.69, 9.17) is 4.74 Å². The minimum absolute atomic E-state index is 0.233. The van der Waals surface area contributed by atoms with E-state index >= 15 is 0 Å². The Bertz CT molecular complexity index is 351. The highest BCUT2D eigenvalue weighted by molar-refractivity contribution is 5.91. The van der Waals surface area contributed by atoms with E-state index in [1.807, 2.05) is 6.92 Å². The fourth-order valence-electron chi connectivity index (χ4n) is 1.48. The molecule has 0 radical (unpaired) electrons. The van der Waals surface area contributed by atoms with Gasteiger partial charge in [-0.1, -0.05) is 33.1 Å². The molecule has 21 heavy (non-hydrogen) atoms. The number of carbonyl (C=O) groups excluding carboxylic acids is 2. The number of hydrogen-bond acceptors (Lipinski definition) is 4. The van der Waals surface area contributed by atoms with Crippen LogP contribution >= 0.6 is 0 Å². The first-order valence-electron chi connectivity index (χ1n) is 6.86. The fourth-order valence-corrected chi connectivity index (χ4v) is 1.48. The second kappa shape index (κ2) is 10.2. The Morgan fingerprint density at radius 3 is 2.14 bits per heavy atom. The lowest BCUT2D eigenvalue weighted by atomic mass is 10.0. The van der Waals surface area contributed by atoms with Crippen LogP contribution in [0.3, 0.4) is 0 Å². The maximum absolute atomic E-state index is 11.8. The average molecular weight is 310 g/mol. The third kappa shape index (κ3) is 12.0. The van der Waals surface area contributed by atoms with E-state index in [0.29, 0.717) is 6.08 Å². The molecule has 0 aliphatic carbocycles. The Morgan fingerprint density at radius 1 is 1.10 bits per heavy atom. The SMILES string of the molecule is CCCCC(CC)COC(=O)/C=C/C(=O)OCC(F)(F)F. The normalized spacial score (nSPS) is 13.2. The number of carbonyl (C=O) groups is 2. The molecule has 0 aliphatic heterocycles.